The van der Waals surface area contributed by atoms with Gasteiger partial charge in [-0.1, -0.05) is 12.8 Å². The Morgan fingerprint density at radius 2 is 2.19 bits per heavy atom. The van der Waals surface area contributed by atoms with Gasteiger partial charge in [-0.15, -0.1) is 11.3 Å². The van der Waals surface area contributed by atoms with E-state index in [9.17, 15) is 0 Å². The van der Waals surface area contributed by atoms with Crippen molar-refractivity contribution in [3.8, 4) is 0 Å². The highest BCUT2D eigenvalue weighted by Gasteiger charge is 2.35. The maximum absolute atomic E-state index is 5.96. The predicted octanol–water partition coefficient (Wildman–Crippen LogP) is 3.18. The lowest BCUT2D eigenvalue weighted by Crippen LogP contribution is -2.52. The molecule has 1 N–H and O–H groups in total. The van der Waals surface area contributed by atoms with E-state index in [0.717, 1.165) is 25.4 Å². The normalized spacial score (nSPS) is 26.7. The van der Waals surface area contributed by atoms with Crippen LogP contribution in [0.5, 0.6) is 0 Å². The molecule has 1 saturated heterocycles. The number of aromatic nitrogens is 1. The summed E-state index contributed by atoms with van der Waals surface area (Å²) in [4.78, 5) is 7.35. The molecule has 0 aromatic carbocycles. The standard InChI is InChI=1S/C16H27N3OS/c1-16(2,3)17-10-12-11-21-15(18-12)19-8-9-20-14-7-5-4-6-13(14)19/h11,13-14,17H,4-10H2,1-3H3. The molecule has 0 bridgehead atoms. The Bertz CT molecular complexity index is 466. The van der Waals surface area contributed by atoms with Gasteiger partial charge in [-0.25, -0.2) is 4.98 Å². The largest absolute Gasteiger partial charge is 0.374 e. The van der Waals surface area contributed by atoms with E-state index in [-0.39, 0.29) is 5.54 Å². The lowest BCUT2D eigenvalue weighted by Gasteiger charge is -2.43. The van der Waals surface area contributed by atoms with E-state index < -0.39 is 0 Å². The Hall–Kier alpha value is -0.650. The number of nitrogens with one attached hydrogen (secondary N) is 1. The summed E-state index contributed by atoms with van der Waals surface area (Å²) >= 11 is 1.78. The summed E-state index contributed by atoms with van der Waals surface area (Å²) in [5, 5.41) is 6.89. The van der Waals surface area contributed by atoms with Crippen LogP contribution >= 0.6 is 11.3 Å². The number of rotatable bonds is 3. The Labute approximate surface area is 131 Å². The van der Waals surface area contributed by atoms with Gasteiger partial charge < -0.3 is 15.0 Å². The predicted molar refractivity (Wildman–Crippen MR) is 88.0 cm³/mol. The van der Waals surface area contributed by atoms with Gasteiger partial charge in [-0.05, 0) is 33.6 Å². The molecule has 2 unspecified atom stereocenters. The fourth-order valence-electron chi connectivity index (χ4n) is 3.20. The summed E-state index contributed by atoms with van der Waals surface area (Å²) in [6, 6.07) is 0.544. The zero-order valence-electron chi connectivity index (χ0n) is 13.4. The Morgan fingerprint density at radius 1 is 1.38 bits per heavy atom. The topological polar surface area (TPSA) is 37.4 Å². The molecule has 118 valence electrons. The lowest BCUT2D eigenvalue weighted by molar-refractivity contribution is -0.00869. The van der Waals surface area contributed by atoms with Crippen LogP contribution in [0, 0.1) is 0 Å². The van der Waals surface area contributed by atoms with E-state index >= 15 is 0 Å². The first kappa shape index (κ1) is 15.3. The summed E-state index contributed by atoms with van der Waals surface area (Å²) in [5.74, 6) is 0. The van der Waals surface area contributed by atoms with Crippen LogP contribution in [0.2, 0.25) is 0 Å². The first-order valence-corrected chi connectivity index (χ1v) is 8.98. The van der Waals surface area contributed by atoms with E-state index in [1.54, 1.807) is 11.3 Å². The molecule has 2 atom stereocenters. The van der Waals surface area contributed by atoms with Crippen LogP contribution in [-0.4, -0.2) is 35.8 Å². The molecule has 0 spiro atoms. The van der Waals surface area contributed by atoms with Gasteiger partial charge in [0, 0.05) is 24.0 Å². The second-order valence-electron chi connectivity index (χ2n) is 7.18. The number of morpholine rings is 1. The molecule has 2 aliphatic rings. The van der Waals surface area contributed by atoms with Crippen molar-refractivity contribution in [2.24, 2.45) is 0 Å². The van der Waals surface area contributed by atoms with Crippen molar-refractivity contribution in [3.05, 3.63) is 11.1 Å². The van der Waals surface area contributed by atoms with Gasteiger partial charge in [-0.2, -0.15) is 0 Å². The van der Waals surface area contributed by atoms with Gasteiger partial charge >= 0.3 is 0 Å². The number of ether oxygens (including phenoxy) is 1. The third-order valence-corrected chi connectivity index (χ3v) is 5.24. The molecule has 1 aliphatic heterocycles. The summed E-state index contributed by atoms with van der Waals surface area (Å²) < 4.78 is 5.96. The van der Waals surface area contributed by atoms with Crippen molar-refractivity contribution < 1.29 is 4.74 Å². The summed E-state index contributed by atoms with van der Waals surface area (Å²) in [7, 11) is 0. The van der Waals surface area contributed by atoms with Gasteiger partial charge in [0.2, 0.25) is 0 Å². The van der Waals surface area contributed by atoms with Gasteiger partial charge in [0.05, 0.1) is 24.4 Å². The molecule has 21 heavy (non-hydrogen) atoms. The average molecular weight is 309 g/mol. The van der Waals surface area contributed by atoms with Crippen molar-refractivity contribution in [1.82, 2.24) is 10.3 Å². The smallest absolute Gasteiger partial charge is 0.185 e. The third-order valence-electron chi connectivity index (χ3n) is 4.32. The summed E-state index contributed by atoms with van der Waals surface area (Å²) in [6.45, 7) is 9.24. The van der Waals surface area contributed by atoms with Gasteiger partial charge in [0.25, 0.3) is 0 Å². The Morgan fingerprint density at radius 3 is 3.00 bits per heavy atom. The third kappa shape index (κ3) is 3.76. The van der Waals surface area contributed by atoms with Crippen LogP contribution in [0.1, 0.15) is 52.1 Å². The number of thiazole rings is 1. The maximum atomic E-state index is 5.96. The summed E-state index contributed by atoms with van der Waals surface area (Å²) in [6.07, 6.45) is 5.52. The fraction of sp³-hybridized carbons (Fsp3) is 0.812. The minimum atomic E-state index is 0.136. The zero-order valence-corrected chi connectivity index (χ0v) is 14.2. The SMILES string of the molecule is CC(C)(C)NCc1csc(N2CCOC3CCCCC32)n1. The van der Waals surface area contributed by atoms with Crippen LogP contribution in [0.15, 0.2) is 5.38 Å². The number of hydrogen-bond acceptors (Lipinski definition) is 5. The van der Waals surface area contributed by atoms with Gasteiger partial charge in [0.15, 0.2) is 5.13 Å². The monoisotopic (exact) mass is 309 g/mol. The first-order chi connectivity index (χ1) is 10.0. The van der Waals surface area contributed by atoms with Crippen molar-refractivity contribution in [1.29, 1.82) is 0 Å². The van der Waals surface area contributed by atoms with Crippen LogP contribution in [0.4, 0.5) is 5.13 Å². The molecular formula is C16H27N3OS. The van der Waals surface area contributed by atoms with Crippen LogP contribution in [-0.2, 0) is 11.3 Å². The maximum Gasteiger partial charge on any atom is 0.185 e. The molecule has 2 heterocycles. The Kier molecular flexibility index (Phi) is 4.52. The molecule has 1 aromatic rings. The first-order valence-electron chi connectivity index (χ1n) is 8.11. The molecule has 2 fully saturated rings. The van der Waals surface area contributed by atoms with E-state index in [0.29, 0.717) is 12.1 Å². The van der Waals surface area contributed by atoms with E-state index in [4.69, 9.17) is 9.72 Å². The number of nitrogens with zero attached hydrogens (tertiary/aromatic N) is 2. The van der Waals surface area contributed by atoms with Crippen LogP contribution < -0.4 is 10.2 Å². The van der Waals surface area contributed by atoms with Crippen LogP contribution in [0.25, 0.3) is 0 Å². The minimum absolute atomic E-state index is 0.136. The van der Waals surface area contributed by atoms with Crippen molar-refractivity contribution in [2.75, 3.05) is 18.1 Å². The Balaban J connectivity index is 1.67. The highest BCUT2D eigenvalue weighted by atomic mass is 32.1. The number of anilines is 1. The second kappa shape index (κ2) is 6.23. The zero-order chi connectivity index (χ0) is 14.9. The molecule has 1 aliphatic carbocycles. The highest BCUT2D eigenvalue weighted by molar-refractivity contribution is 7.13. The van der Waals surface area contributed by atoms with Crippen molar-refractivity contribution >= 4 is 16.5 Å². The fourth-order valence-corrected chi connectivity index (χ4v) is 4.11. The van der Waals surface area contributed by atoms with Gasteiger partial charge in [-0.3, -0.25) is 0 Å². The lowest BCUT2D eigenvalue weighted by atomic mass is 9.90. The summed E-state index contributed by atoms with van der Waals surface area (Å²) in [5.41, 5.74) is 1.29. The highest BCUT2D eigenvalue weighted by Crippen LogP contribution is 2.33. The molecule has 4 nitrogen and oxygen atoms in total. The quantitative estimate of drug-likeness (QED) is 0.930. The molecule has 0 radical (unpaired) electrons. The number of fused-ring (bicyclic) bond motifs is 1. The van der Waals surface area contributed by atoms with Crippen molar-refractivity contribution in [2.45, 2.75) is 70.7 Å². The van der Waals surface area contributed by atoms with Crippen molar-refractivity contribution in [3.63, 3.8) is 0 Å². The molecule has 3 rings (SSSR count). The molecule has 5 heteroatoms. The van der Waals surface area contributed by atoms with E-state index in [1.807, 2.05) is 0 Å². The van der Waals surface area contributed by atoms with E-state index in [2.05, 4.69) is 36.4 Å². The minimum Gasteiger partial charge on any atom is -0.374 e. The number of hydrogen-bond donors (Lipinski definition) is 1. The molecular weight excluding hydrogens is 282 g/mol. The van der Waals surface area contributed by atoms with Crippen LogP contribution in [0.3, 0.4) is 0 Å². The molecule has 1 aromatic heterocycles. The molecule has 0 amide bonds. The average Bonchev–Trinajstić information content (AvgIpc) is 2.92. The van der Waals surface area contributed by atoms with E-state index in [1.165, 1.54) is 30.8 Å². The van der Waals surface area contributed by atoms with Gasteiger partial charge in [0.1, 0.15) is 0 Å². The second-order valence-corrected chi connectivity index (χ2v) is 8.02. The molecule has 1 saturated carbocycles.